The number of piperidine rings is 1. The maximum atomic E-state index is 13.2. The Bertz CT molecular complexity index is 2720. The molecular weight excluding hydrogens is 753 g/mol. The fraction of sp³-hybridized carbons (Fsp3) is 0.111. The van der Waals surface area contributed by atoms with Crippen molar-refractivity contribution in [1.82, 2.24) is 20.5 Å². The summed E-state index contributed by atoms with van der Waals surface area (Å²) in [7, 11) is 0. The molecule has 1 saturated heterocycles. The number of furan rings is 1. The number of imide groups is 1. The summed E-state index contributed by atoms with van der Waals surface area (Å²) < 4.78 is 5.60. The zero-order chi connectivity index (χ0) is 41.0. The molecule has 2 aliphatic heterocycles. The van der Waals surface area contributed by atoms with Crippen molar-refractivity contribution in [2.45, 2.75) is 25.4 Å². The lowest BCUT2D eigenvalue weighted by Gasteiger charge is -2.29. The van der Waals surface area contributed by atoms with Crippen LogP contribution in [0.2, 0.25) is 0 Å². The number of nitrogens with one attached hydrogen (secondary N) is 3. The average molecular weight is 785 g/mol. The molecule has 0 radical (unpaired) electrons. The van der Waals surface area contributed by atoms with Crippen LogP contribution in [-0.2, 0) is 16.1 Å². The SMILES string of the molecule is O=C1CCC(N2Cc3c(C#CCNC(=O)c4ccc(NC(=O)c5ccc(-c6cc(-c7ccc([N+](=O)[O-])cc7)nc(-c7ccco7)c6)cc5)cc4)cccc3C2=O)C(=O)N1. The van der Waals surface area contributed by atoms with Gasteiger partial charge in [0.05, 0.1) is 23.4 Å². The van der Waals surface area contributed by atoms with E-state index in [1.54, 1.807) is 85.1 Å². The number of nitrogens with zero attached hydrogens (tertiary/aromatic N) is 3. The number of rotatable bonds is 9. The molecule has 14 nitrogen and oxygen atoms in total. The molecule has 4 heterocycles. The fourth-order valence-electron chi connectivity index (χ4n) is 6.94. The van der Waals surface area contributed by atoms with E-state index in [-0.39, 0.29) is 55.2 Å². The number of aromatic nitrogens is 1. The van der Waals surface area contributed by atoms with Gasteiger partial charge < -0.3 is 20.0 Å². The molecule has 1 unspecified atom stereocenters. The molecule has 0 spiro atoms. The van der Waals surface area contributed by atoms with Crippen LogP contribution in [0.15, 0.2) is 126 Å². The number of hydrogen-bond acceptors (Lipinski definition) is 9. The third kappa shape index (κ3) is 8.07. The first kappa shape index (κ1) is 37.7. The van der Waals surface area contributed by atoms with Crippen molar-refractivity contribution < 1.29 is 33.3 Å². The van der Waals surface area contributed by atoms with Gasteiger partial charge in [-0.3, -0.25) is 39.4 Å². The van der Waals surface area contributed by atoms with Crippen LogP contribution in [0.5, 0.6) is 0 Å². The lowest BCUT2D eigenvalue weighted by molar-refractivity contribution is -0.384. The molecular formula is C45H32N6O8. The Morgan fingerprint density at radius 1 is 0.847 bits per heavy atom. The van der Waals surface area contributed by atoms with Crippen LogP contribution in [0.25, 0.3) is 33.8 Å². The number of amides is 5. The summed E-state index contributed by atoms with van der Waals surface area (Å²) in [5, 5.41) is 19.1. The van der Waals surface area contributed by atoms with Gasteiger partial charge in [-0.2, -0.15) is 0 Å². The van der Waals surface area contributed by atoms with Crippen LogP contribution in [0, 0.1) is 22.0 Å². The Kier molecular flexibility index (Phi) is 10.3. The van der Waals surface area contributed by atoms with E-state index >= 15 is 0 Å². The molecule has 1 fully saturated rings. The topological polar surface area (TPSA) is 194 Å². The summed E-state index contributed by atoms with van der Waals surface area (Å²) in [5.41, 5.74) is 6.43. The van der Waals surface area contributed by atoms with Crippen molar-refractivity contribution in [2.75, 3.05) is 11.9 Å². The van der Waals surface area contributed by atoms with E-state index in [0.29, 0.717) is 56.2 Å². The van der Waals surface area contributed by atoms with Gasteiger partial charge in [-0.05, 0) is 108 Å². The molecule has 290 valence electrons. The molecule has 0 bridgehead atoms. The Labute approximate surface area is 336 Å². The number of hydrogen-bond donors (Lipinski definition) is 3. The van der Waals surface area contributed by atoms with Crippen LogP contribution in [0.1, 0.15) is 55.0 Å². The maximum absolute atomic E-state index is 13.2. The third-order valence-corrected chi connectivity index (χ3v) is 10.0. The smallest absolute Gasteiger partial charge is 0.269 e. The van der Waals surface area contributed by atoms with E-state index in [1.165, 1.54) is 17.0 Å². The number of carbonyl (C=O) groups excluding carboxylic acids is 5. The van der Waals surface area contributed by atoms with E-state index in [4.69, 9.17) is 9.40 Å². The minimum Gasteiger partial charge on any atom is -0.463 e. The quantitative estimate of drug-likeness (QED) is 0.0646. The molecule has 1 atom stereocenters. The molecule has 14 heteroatoms. The highest BCUT2D eigenvalue weighted by Crippen LogP contribution is 2.32. The van der Waals surface area contributed by atoms with Gasteiger partial charge in [-0.1, -0.05) is 30.0 Å². The first-order valence-corrected chi connectivity index (χ1v) is 18.5. The lowest BCUT2D eigenvalue weighted by Crippen LogP contribution is -2.52. The average Bonchev–Trinajstić information content (AvgIpc) is 3.92. The molecule has 2 aromatic heterocycles. The predicted octanol–water partition coefficient (Wildman–Crippen LogP) is 6.38. The number of carbonyl (C=O) groups is 5. The van der Waals surface area contributed by atoms with Crippen LogP contribution in [0.4, 0.5) is 11.4 Å². The first-order valence-electron chi connectivity index (χ1n) is 18.5. The van der Waals surface area contributed by atoms with Crippen molar-refractivity contribution in [3.05, 3.63) is 159 Å². The number of benzene rings is 4. The predicted molar refractivity (Wildman–Crippen MR) is 216 cm³/mol. The minimum absolute atomic E-state index is 0.0259. The highest BCUT2D eigenvalue weighted by molar-refractivity contribution is 6.06. The zero-order valence-electron chi connectivity index (χ0n) is 31.1. The minimum atomic E-state index is -0.727. The van der Waals surface area contributed by atoms with Gasteiger partial charge in [0.2, 0.25) is 11.8 Å². The van der Waals surface area contributed by atoms with Gasteiger partial charge in [0.1, 0.15) is 11.7 Å². The van der Waals surface area contributed by atoms with Gasteiger partial charge in [0, 0.05) is 58.6 Å². The zero-order valence-corrected chi connectivity index (χ0v) is 31.1. The molecule has 4 aromatic carbocycles. The van der Waals surface area contributed by atoms with Gasteiger partial charge in [-0.15, -0.1) is 0 Å². The molecule has 8 rings (SSSR count). The molecule has 2 aliphatic rings. The summed E-state index contributed by atoms with van der Waals surface area (Å²) in [5.74, 6) is 4.66. The maximum Gasteiger partial charge on any atom is 0.269 e. The van der Waals surface area contributed by atoms with Crippen molar-refractivity contribution >= 4 is 40.9 Å². The number of nitro groups is 1. The number of nitro benzene ring substituents is 1. The fourth-order valence-corrected chi connectivity index (χ4v) is 6.94. The third-order valence-electron chi connectivity index (χ3n) is 10.0. The Balaban J connectivity index is 0.882. The molecule has 0 aliphatic carbocycles. The highest BCUT2D eigenvalue weighted by atomic mass is 16.6. The number of anilines is 1. The Morgan fingerprint density at radius 3 is 2.27 bits per heavy atom. The van der Waals surface area contributed by atoms with E-state index in [9.17, 15) is 34.1 Å². The van der Waals surface area contributed by atoms with Crippen molar-refractivity contribution in [3.8, 4) is 45.7 Å². The Morgan fingerprint density at radius 2 is 1.56 bits per heavy atom. The van der Waals surface area contributed by atoms with Crippen LogP contribution >= 0.6 is 0 Å². The standard InChI is InChI=1S/C45H32N6O8/c52-41-21-20-39(44(55)49-41)50-26-36-28(4-1-6-35(36)45(50)56)5-2-22-46-42(53)30-12-16-33(17-13-30)47-43(54)31-10-8-27(9-11-31)32-24-37(29-14-18-34(19-15-29)51(57)58)48-38(25-32)40-7-3-23-59-40/h1,3-4,6-19,23-25,39H,20-22,26H2,(H,46,53)(H,47,54)(H,49,52,55). The summed E-state index contributed by atoms with van der Waals surface area (Å²) in [6.07, 6.45) is 1.98. The number of non-ortho nitro benzene ring substituents is 1. The van der Waals surface area contributed by atoms with Crippen LogP contribution in [-0.4, -0.2) is 56.9 Å². The first-order chi connectivity index (χ1) is 28.6. The van der Waals surface area contributed by atoms with Crippen molar-refractivity contribution in [2.24, 2.45) is 0 Å². The molecule has 59 heavy (non-hydrogen) atoms. The second-order valence-electron chi connectivity index (χ2n) is 13.7. The van der Waals surface area contributed by atoms with E-state index in [2.05, 4.69) is 27.8 Å². The van der Waals surface area contributed by atoms with E-state index < -0.39 is 16.9 Å². The monoisotopic (exact) mass is 784 g/mol. The van der Waals surface area contributed by atoms with Crippen LogP contribution < -0.4 is 16.0 Å². The second kappa shape index (κ2) is 16.1. The molecule has 0 saturated carbocycles. The van der Waals surface area contributed by atoms with Crippen molar-refractivity contribution in [1.29, 1.82) is 0 Å². The largest absolute Gasteiger partial charge is 0.463 e. The molecule has 6 aromatic rings. The molecule has 3 N–H and O–H groups in total. The highest BCUT2D eigenvalue weighted by Gasteiger charge is 2.39. The van der Waals surface area contributed by atoms with E-state index in [1.807, 2.05) is 24.3 Å². The van der Waals surface area contributed by atoms with Gasteiger partial charge in [0.25, 0.3) is 23.4 Å². The van der Waals surface area contributed by atoms with Gasteiger partial charge >= 0.3 is 0 Å². The summed E-state index contributed by atoms with van der Waals surface area (Å²) >= 11 is 0. The van der Waals surface area contributed by atoms with Crippen LogP contribution in [0.3, 0.4) is 0 Å². The number of fused-ring (bicyclic) bond motifs is 1. The number of pyridine rings is 1. The van der Waals surface area contributed by atoms with Crippen molar-refractivity contribution in [3.63, 3.8) is 0 Å². The van der Waals surface area contributed by atoms with Gasteiger partial charge in [-0.25, -0.2) is 4.98 Å². The van der Waals surface area contributed by atoms with Gasteiger partial charge in [0.15, 0.2) is 5.76 Å². The summed E-state index contributed by atoms with van der Waals surface area (Å²) in [6, 6.07) is 31.3. The Hall–Kier alpha value is -8.18. The van der Waals surface area contributed by atoms with E-state index in [0.717, 1.165) is 11.1 Å². The summed E-state index contributed by atoms with van der Waals surface area (Å²) in [4.78, 5) is 80.1. The second-order valence-corrected chi connectivity index (χ2v) is 13.7. The lowest BCUT2D eigenvalue weighted by atomic mass is 10.00. The molecule has 5 amide bonds. The summed E-state index contributed by atoms with van der Waals surface area (Å²) in [6.45, 7) is 0.226. The normalized spacial score (nSPS) is 14.5.